The predicted molar refractivity (Wildman–Crippen MR) is 89.8 cm³/mol. The molecule has 1 aromatic carbocycles. The van der Waals surface area contributed by atoms with Crippen molar-refractivity contribution < 1.29 is 4.57 Å². The molecule has 0 aliphatic carbocycles. The average molecular weight is 292 g/mol. The summed E-state index contributed by atoms with van der Waals surface area (Å²) in [6, 6.07) is 4.49. The Hall–Kier alpha value is -0.680. The van der Waals surface area contributed by atoms with E-state index in [9.17, 15) is 4.57 Å². The molecule has 0 fully saturated rings. The number of benzene rings is 1. The first-order chi connectivity index (χ1) is 8.78. The Balaban J connectivity index is 3.80. The molecule has 0 heterocycles. The summed E-state index contributed by atoms with van der Waals surface area (Å²) in [5, 5.41) is 0.970. The van der Waals surface area contributed by atoms with Gasteiger partial charge in [0.15, 0.2) is 8.46 Å². The summed E-state index contributed by atoms with van der Waals surface area (Å²) < 4.78 is 11.8. The quantitative estimate of drug-likeness (QED) is 0.625. The fraction of sp³-hybridized carbons (Fsp3) is 0.667. The van der Waals surface area contributed by atoms with Crippen molar-refractivity contribution in [3.05, 3.63) is 28.8 Å². The van der Waals surface area contributed by atoms with E-state index in [1.165, 1.54) is 16.7 Å². The summed E-state index contributed by atoms with van der Waals surface area (Å²) in [5.74, 6) is 0. The van der Waals surface area contributed by atoms with Gasteiger partial charge in [0, 0.05) is 0 Å². The van der Waals surface area contributed by atoms with Gasteiger partial charge in [-0.15, -0.1) is 0 Å². The molecule has 112 valence electrons. The van der Waals surface area contributed by atoms with E-state index in [0.29, 0.717) is 0 Å². The Kier molecular flexibility index (Phi) is 4.57. The second-order valence-corrected chi connectivity index (χ2v) is 9.39. The molecule has 0 unspecified atom stereocenters. The van der Waals surface area contributed by atoms with Crippen LogP contribution in [-0.2, 0) is 20.8 Å². The fourth-order valence-corrected chi connectivity index (χ4v) is 3.31. The minimum absolute atomic E-state index is 0.00595. The summed E-state index contributed by atoms with van der Waals surface area (Å²) in [5.41, 5.74) is 3.80. The highest BCUT2D eigenvalue weighted by Gasteiger charge is 2.29. The third-order valence-corrected chi connectivity index (χ3v) is 4.35. The zero-order chi connectivity index (χ0) is 15.9. The molecule has 0 spiro atoms. The first-order valence-corrected chi connectivity index (χ1v) is 8.12. The third kappa shape index (κ3) is 3.70. The summed E-state index contributed by atoms with van der Waals surface area (Å²) >= 11 is 0. The van der Waals surface area contributed by atoms with Crippen molar-refractivity contribution in [1.29, 1.82) is 0 Å². The van der Waals surface area contributed by atoms with Crippen LogP contribution in [0.5, 0.6) is 0 Å². The Morgan fingerprint density at radius 3 is 1.25 bits per heavy atom. The van der Waals surface area contributed by atoms with Gasteiger partial charge in [0.05, 0.1) is 5.30 Å². The summed E-state index contributed by atoms with van der Waals surface area (Å²) in [4.78, 5) is 0. The molecule has 0 aromatic heterocycles. The molecule has 1 aromatic rings. The number of rotatable bonds is 1. The van der Waals surface area contributed by atoms with E-state index in [1.54, 1.807) is 0 Å². The van der Waals surface area contributed by atoms with Crippen LogP contribution in [0.25, 0.3) is 0 Å². The van der Waals surface area contributed by atoms with Gasteiger partial charge in [0.25, 0.3) is 0 Å². The minimum Gasteiger partial charge on any atom is -0.269 e. The molecule has 1 rings (SSSR count). The third-order valence-electron chi connectivity index (χ3n) is 3.68. The van der Waals surface area contributed by atoms with Gasteiger partial charge in [0.1, 0.15) is 0 Å². The van der Waals surface area contributed by atoms with Gasteiger partial charge in [0.2, 0.25) is 0 Å². The Bertz CT molecular complexity index is 473. The number of hydrogen-bond acceptors (Lipinski definition) is 1. The number of hydrogen-bond donors (Lipinski definition) is 0. The summed E-state index contributed by atoms with van der Waals surface area (Å²) in [6.07, 6.45) is 0. The maximum absolute atomic E-state index is 11.8. The molecule has 0 radical (unpaired) electrons. The van der Waals surface area contributed by atoms with Crippen molar-refractivity contribution >= 4 is 13.8 Å². The molecule has 0 saturated heterocycles. The second-order valence-electron chi connectivity index (χ2n) is 8.76. The first-order valence-electron chi connectivity index (χ1n) is 7.31. The standard InChI is InChI=1S/C18H29OP/c1-16(2,3)12-10-13(17(4,5)6)15(20-19)14(11-12)18(7,8)9/h10-11H,1-9H3. The highest BCUT2D eigenvalue weighted by Crippen LogP contribution is 2.34. The molecular formula is C18H29OP. The molecule has 20 heavy (non-hydrogen) atoms. The Labute approximate surface area is 126 Å². The van der Waals surface area contributed by atoms with Crippen LogP contribution in [0.4, 0.5) is 0 Å². The summed E-state index contributed by atoms with van der Waals surface area (Å²) in [7, 11) is 0.125. The van der Waals surface area contributed by atoms with E-state index in [0.717, 1.165) is 5.30 Å². The molecule has 0 atom stereocenters. The summed E-state index contributed by atoms with van der Waals surface area (Å²) in [6.45, 7) is 19.8. The van der Waals surface area contributed by atoms with Crippen LogP contribution in [0.1, 0.15) is 79.0 Å². The molecule has 0 aliphatic rings. The zero-order valence-corrected chi connectivity index (χ0v) is 15.4. The van der Waals surface area contributed by atoms with E-state index in [4.69, 9.17) is 0 Å². The lowest BCUT2D eigenvalue weighted by Crippen LogP contribution is -2.29. The highest BCUT2D eigenvalue weighted by molar-refractivity contribution is 7.34. The van der Waals surface area contributed by atoms with Crippen LogP contribution in [0.15, 0.2) is 12.1 Å². The van der Waals surface area contributed by atoms with Crippen LogP contribution < -0.4 is 5.30 Å². The lowest BCUT2D eigenvalue weighted by molar-refractivity contribution is 0.551. The van der Waals surface area contributed by atoms with Crippen LogP contribution in [0.3, 0.4) is 0 Å². The lowest BCUT2D eigenvalue weighted by Gasteiger charge is -2.31. The normalized spacial score (nSPS) is 13.8. The molecule has 0 amide bonds. The highest BCUT2D eigenvalue weighted by atomic mass is 31.1. The van der Waals surface area contributed by atoms with Gasteiger partial charge in [-0.2, -0.15) is 0 Å². The average Bonchev–Trinajstić information content (AvgIpc) is 2.23. The Morgan fingerprint density at radius 1 is 0.700 bits per heavy atom. The van der Waals surface area contributed by atoms with Crippen molar-refractivity contribution in [2.45, 2.75) is 78.6 Å². The fourth-order valence-electron chi connectivity index (χ4n) is 2.31. The van der Waals surface area contributed by atoms with E-state index in [2.05, 4.69) is 74.4 Å². The van der Waals surface area contributed by atoms with Gasteiger partial charge in [-0.1, -0.05) is 74.4 Å². The molecule has 1 nitrogen and oxygen atoms in total. The van der Waals surface area contributed by atoms with Crippen molar-refractivity contribution in [1.82, 2.24) is 0 Å². The van der Waals surface area contributed by atoms with Gasteiger partial charge in [-0.3, -0.25) is 4.57 Å². The molecule has 0 saturated carbocycles. The topological polar surface area (TPSA) is 17.1 Å². The van der Waals surface area contributed by atoms with Crippen LogP contribution in [0, 0.1) is 0 Å². The van der Waals surface area contributed by atoms with Crippen molar-refractivity contribution in [3.63, 3.8) is 0 Å². The van der Waals surface area contributed by atoms with E-state index in [1.807, 2.05) is 0 Å². The molecule has 0 aliphatic heterocycles. The van der Waals surface area contributed by atoms with Crippen molar-refractivity contribution in [2.24, 2.45) is 0 Å². The lowest BCUT2D eigenvalue weighted by atomic mass is 9.75. The SMILES string of the molecule is CC(C)(C)c1cc(C(C)(C)C)c(P=O)c(C(C)(C)C)c1. The first kappa shape index (κ1) is 17.4. The molecular weight excluding hydrogens is 263 g/mol. The smallest absolute Gasteiger partial charge is 0.192 e. The maximum Gasteiger partial charge on any atom is 0.192 e. The van der Waals surface area contributed by atoms with E-state index >= 15 is 0 Å². The van der Waals surface area contributed by atoms with Gasteiger partial charge >= 0.3 is 0 Å². The van der Waals surface area contributed by atoms with E-state index in [-0.39, 0.29) is 24.7 Å². The van der Waals surface area contributed by atoms with Crippen LogP contribution in [0.2, 0.25) is 0 Å². The van der Waals surface area contributed by atoms with Crippen molar-refractivity contribution in [2.75, 3.05) is 0 Å². The maximum atomic E-state index is 11.8. The zero-order valence-electron chi connectivity index (χ0n) is 14.5. The van der Waals surface area contributed by atoms with Gasteiger partial charge in [-0.05, 0) is 32.9 Å². The van der Waals surface area contributed by atoms with E-state index < -0.39 is 0 Å². The molecule has 0 bridgehead atoms. The molecule has 2 heteroatoms. The largest absolute Gasteiger partial charge is 0.269 e. The van der Waals surface area contributed by atoms with Crippen molar-refractivity contribution in [3.8, 4) is 0 Å². The van der Waals surface area contributed by atoms with Gasteiger partial charge < -0.3 is 0 Å². The van der Waals surface area contributed by atoms with Crippen LogP contribution in [-0.4, -0.2) is 0 Å². The van der Waals surface area contributed by atoms with Gasteiger partial charge in [-0.25, -0.2) is 0 Å². The predicted octanol–water partition coefficient (Wildman–Crippen LogP) is 5.50. The Morgan fingerprint density at radius 2 is 1.05 bits per heavy atom. The van der Waals surface area contributed by atoms with Crippen LogP contribution >= 0.6 is 8.46 Å². The molecule has 0 N–H and O–H groups in total. The minimum atomic E-state index is -0.00595. The monoisotopic (exact) mass is 292 g/mol. The second kappa shape index (κ2) is 5.26.